The molecule has 1 heterocycles. The maximum atomic E-state index is 11.7. The molecule has 0 atom stereocenters. The van der Waals surface area contributed by atoms with E-state index in [0.717, 1.165) is 47.4 Å². The standard InChI is InChI=1S/C26H23N3O2/c1-3-4-12-24-28-25-18(16-27)8-7-11-23(25)29(24)19-13-14-20(17(2)15-19)21-9-5-6-10-22(21)26(30)31/h5-11,13-15H,3-4,12H2,1-2H3,(H,30,31). The average molecular weight is 409 g/mol. The number of aromatic carboxylic acids is 1. The zero-order valence-corrected chi connectivity index (χ0v) is 17.6. The van der Waals surface area contributed by atoms with Crippen molar-refractivity contribution in [3.63, 3.8) is 0 Å². The van der Waals surface area contributed by atoms with Gasteiger partial charge in [0.2, 0.25) is 0 Å². The third-order valence-electron chi connectivity index (χ3n) is 5.54. The van der Waals surface area contributed by atoms with Gasteiger partial charge < -0.3 is 5.11 Å². The summed E-state index contributed by atoms with van der Waals surface area (Å²) in [6.07, 6.45) is 2.88. The molecule has 0 radical (unpaired) electrons. The smallest absolute Gasteiger partial charge is 0.336 e. The monoisotopic (exact) mass is 409 g/mol. The molecule has 154 valence electrons. The van der Waals surface area contributed by atoms with Crippen LogP contribution in [-0.4, -0.2) is 20.6 Å². The molecule has 5 heteroatoms. The zero-order chi connectivity index (χ0) is 22.0. The van der Waals surface area contributed by atoms with E-state index in [9.17, 15) is 15.2 Å². The second-order valence-electron chi connectivity index (χ2n) is 7.60. The summed E-state index contributed by atoms with van der Waals surface area (Å²) in [7, 11) is 0. The maximum Gasteiger partial charge on any atom is 0.336 e. The van der Waals surface area contributed by atoms with Gasteiger partial charge in [0.25, 0.3) is 0 Å². The van der Waals surface area contributed by atoms with Crippen LogP contribution in [0.3, 0.4) is 0 Å². The molecule has 4 aromatic rings. The van der Waals surface area contributed by atoms with Crippen molar-refractivity contribution < 1.29 is 9.90 Å². The van der Waals surface area contributed by atoms with E-state index in [0.29, 0.717) is 16.6 Å². The molecule has 0 unspecified atom stereocenters. The van der Waals surface area contributed by atoms with Gasteiger partial charge in [-0.15, -0.1) is 0 Å². The summed E-state index contributed by atoms with van der Waals surface area (Å²) in [5.41, 5.74) is 6.00. The van der Waals surface area contributed by atoms with Gasteiger partial charge in [0.05, 0.1) is 16.6 Å². The van der Waals surface area contributed by atoms with Crippen LogP contribution in [0.1, 0.15) is 47.1 Å². The maximum absolute atomic E-state index is 11.7. The summed E-state index contributed by atoms with van der Waals surface area (Å²) >= 11 is 0. The number of fused-ring (bicyclic) bond motifs is 1. The molecule has 0 spiro atoms. The lowest BCUT2D eigenvalue weighted by Gasteiger charge is -2.14. The number of carbonyl (C=O) groups is 1. The van der Waals surface area contributed by atoms with Crippen molar-refractivity contribution in [2.45, 2.75) is 33.1 Å². The number of aryl methyl sites for hydroxylation is 2. The molecule has 0 amide bonds. The number of benzene rings is 3. The van der Waals surface area contributed by atoms with Crippen LogP contribution in [0.2, 0.25) is 0 Å². The lowest BCUT2D eigenvalue weighted by atomic mass is 9.95. The number of hydrogen-bond donors (Lipinski definition) is 1. The van der Waals surface area contributed by atoms with Gasteiger partial charge >= 0.3 is 5.97 Å². The Labute approximate surface area is 181 Å². The van der Waals surface area contributed by atoms with E-state index in [4.69, 9.17) is 4.98 Å². The van der Waals surface area contributed by atoms with Crippen molar-refractivity contribution in [3.05, 3.63) is 83.2 Å². The molecule has 0 saturated heterocycles. The molecule has 3 aromatic carbocycles. The van der Waals surface area contributed by atoms with Crippen molar-refractivity contribution in [1.82, 2.24) is 9.55 Å². The number of nitriles is 1. The van der Waals surface area contributed by atoms with Crippen molar-refractivity contribution in [2.75, 3.05) is 0 Å². The fourth-order valence-corrected chi connectivity index (χ4v) is 4.02. The topological polar surface area (TPSA) is 78.9 Å². The van der Waals surface area contributed by atoms with Crippen LogP contribution in [0.15, 0.2) is 60.7 Å². The first-order valence-electron chi connectivity index (χ1n) is 10.4. The molecule has 0 bridgehead atoms. The van der Waals surface area contributed by atoms with E-state index in [1.165, 1.54) is 0 Å². The molecule has 4 rings (SSSR count). The second-order valence-corrected chi connectivity index (χ2v) is 7.60. The molecule has 1 N–H and O–H groups in total. The highest BCUT2D eigenvalue weighted by Gasteiger charge is 2.17. The van der Waals surface area contributed by atoms with Gasteiger partial charge in [-0.2, -0.15) is 5.26 Å². The normalized spacial score (nSPS) is 10.9. The quantitative estimate of drug-likeness (QED) is 0.429. The molecule has 0 aliphatic carbocycles. The van der Waals surface area contributed by atoms with Gasteiger partial charge in [0, 0.05) is 12.1 Å². The molecule has 0 fully saturated rings. The van der Waals surface area contributed by atoms with Crippen molar-refractivity contribution in [2.24, 2.45) is 0 Å². The molecule has 1 aromatic heterocycles. The van der Waals surface area contributed by atoms with Gasteiger partial charge in [-0.1, -0.05) is 43.7 Å². The first-order chi connectivity index (χ1) is 15.0. The Kier molecular flexibility index (Phi) is 5.55. The summed E-state index contributed by atoms with van der Waals surface area (Å²) in [5.74, 6) is -0.0109. The van der Waals surface area contributed by atoms with Crippen molar-refractivity contribution in [1.29, 1.82) is 5.26 Å². The minimum Gasteiger partial charge on any atom is -0.478 e. The Hall–Kier alpha value is -3.91. The summed E-state index contributed by atoms with van der Waals surface area (Å²) in [6, 6.07) is 21.0. The molecule has 31 heavy (non-hydrogen) atoms. The Morgan fingerprint density at radius 1 is 1.10 bits per heavy atom. The lowest BCUT2D eigenvalue weighted by molar-refractivity contribution is 0.0697. The number of nitrogens with zero attached hydrogens (tertiary/aromatic N) is 3. The summed E-state index contributed by atoms with van der Waals surface area (Å²) in [6.45, 7) is 4.13. The molecule has 0 aliphatic rings. The first-order valence-corrected chi connectivity index (χ1v) is 10.4. The number of hydrogen-bond acceptors (Lipinski definition) is 3. The van der Waals surface area contributed by atoms with Gasteiger partial charge in [-0.25, -0.2) is 9.78 Å². The molecular weight excluding hydrogens is 386 g/mol. The Balaban J connectivity index is 1.89. The van der Waals surface area contributed by atoms with Gasteiger partial charge in [-0.3, -0.25) is 4.57 Å². The van der Waals surface area contributed by atoms with Crippen LogP contribution in [0, 0.1) is 18.3 Å². The summed E-state index contributed by atoms with van der Waals surface area (Å²) < 4.78 is 2.12. The SMILES string of the molecule is CCCCc1nc2c(C#N)cccc2n1-c1ccc(-c2ccccc2C(=O)O)c(C)c1. The van der Waals surface area contributed by atoms with E-state index in [-0.39, 0.29) is 5.56 Å². The Morgan fingerprint density at radius 2 is 1.90 bits per heavy atom. The number of carboxylic acids is 1. The lowest BCUT2D eigenvalue weighted by Crippen LogP contribution is -2.03. The first kappa shape index (κ1) is 20.4. The third-order valence-corrected chi connectivity index (χ3v) is 5.54. The Bertz CT molecular complexity index is 1330. The van der Waals surface area contributed by atoms with Crippen LogP contribution in [0.5, 0.6) is 0 Å². The van der Waals surface area contributed by atoms with Crippen molar-refractivity contribution in [3.8, 4) is 22.9 Å². The van der Waals surface area contributed by atoms with E-state index < -0.39 is 5.97 Å². The molecule has 0 saturated carbocycles. The fourth-order valence-electron chi connectivity index (χ4n) is 4.02. The predicted octanol–water partition coefficient (Wildman–Crippen LogP) is 5.91. The number of para-hydroxylation sites is 1. The highest BCUT2D eigenvalue weighted by atomic mass is 16.4. The molecular formula is C26H23N3O2. The van der Waals surface area contributed by atoms with Crippen molar-refractivity contribution >= 4 is 17.0 Å². The summed E-state index contributed by atoms with van der Waals surface area (Å²) in [4.78, 5) is 16.5. The molecule has 0 aliphatic heterocycles. The van der Waals surface area contributed by atoms with E-state index in [2.05, 4.69) is 23.6 Å². The Morgan fingerprint density at radius 3 is 2.61 bits per heavy atom. The second kappa shape index (κ2) is 8.45. The zero-order valence-electron chi connectivity index (χ0n) is 17.6. The van der Waals surface area contributed by atoms with Gasteiger partial charge in [0.15, 0.2) is 0 Å². The number of rotatable bonds is 6. The largest absolute Gasteiger partial charge is 0.478 e. The molecule has 5 nitrogen and oxygen atoms in total. The van der Waals surface area contributed by atoms with E-state index >= 15 is 0 Å². The van der Waals surface area contributed by atoms with Gasteiger partial charge in [0.1, 0.15) is 17.4 Å². The number of imidazole rings is 1. The third kappa shape index (κ3) is 3.69. The van der Waals surface area contributed by atoms with Gasteiger partial charge in [-0.05, 0) is 60.4 Å². The van der Waals surface area contributed by atoms with Crippen LogP contribution in [0.4, 0.5) is 0 Å². The van der Waals surface area contributed by atoms with E-state index in [1.807, 2.05) is 43.3 Å². The minimum absolute atomic E-state index is 0.286. The number of aromatic nitrogens is 2. The van der Waals surface area contributed by atoms with Crippen LogP contribution in [0.25, 0.3) is 27.8 Å². The number of carboxylic acid groups (broad SMARTS) is 1. The van der Waals surface area contributed by atoms with Crippen LogP contribution >= 0.6 is 0 Å². The summed E-state index contributed by atoms with van der Waals surface area (Å²) in [5, 5.41) is 19.1. The van der Waals surface area contributed by atoms with Crippen LogP contribution in [-0.2, 0) is 6.42 Å². The minimum atomic E-state index is -0.939. The fraction of sp³-hybridized carbons (Fsp3) is 0.192. The highest BCUT2D eigenvalue weighted by molar-refractivity contribution is 5.96. The highest BCUT2D eigenvalue weighted by Crippen LogP contribution is 2.31. The average Bonchev–Trinajstić information content (AvgIpc) is 3.16. The van der Waals surface area contributed by atoms with Crippen LogP contribution < -0.4 is 0 Å². The van der Waals surface area contributed by atoms with E-state index in [1.54, 1.807) is 18.2 Å². The predicted molar refractivity (Wildman–Crippen MR) is 122 cm³/mol. The number of unbranched alkanes of at least 4 members (excludes halogenated alkanes) is 1.